The normalized spacial score (nSPS) is 14.4. The molecule has 1 amide bonds. The maximum Gasteiger partial charge on any atom is 0.472 e. The van der Waals surface area contributed by atoms with Crippen LogP contribution in [0.5, 0.6) is 0 Å². The van der Waals surface area contributed by atoms with E-state index >= 15 is 0 Å². The van der Waals surface area contributed by atoms with Crippen LogP contribution in [-0.4, -0.2) is 47.8 Å². The Kier molecular flexibility index (Phi) is 39.4. The van der Waals surface area contributed by atoms with E-state index in [0.717, 1.165) is 64.2 Å². The second kappa shape index (κ2) is 40.4. The van der Waals surface area contributed by atoms with E-state index in [9.17, 15) is 19.4 Å². The Morgan fingerprint density at radius 3 is 1.60 bits per heavy atom. The summed E-state index contributed by atoms with van der Waals surface area (Å²) in [6.07, 6.45) is 47.2. The number of carbonyl (C=O) groups is 1. The highest BCUT2D eigenvalue weighted by Crippen LogP contribution is 2.43. The number of hydrogen-bond acceptors (Lipinski definition) is 6. The van der Waals surface area contributed by atoms with Crippen molar-refractivity contribution in [2.75, 3.05) is 19.8 Å². The Hall–Kier alpha value is -1.28. The minimum absolute atomic E-state index is 0.0865. The lowest BCUT2D eigenvalue weighted by Crippen LogP contribution is -2.46. The minimum atomic E-state index is -4.32. The van der Waals surface area contributed by atoms with E-state index in [4.69, 9.17) is 14.8 Å². The number of allylic oxidation sites excluding steroid dienone is 6. The van der Waals surface area contributed by atoms with E-state index in [0.29, 0.717) is 12.8 Å². The Morgan fingerprint density at radius 1 is 0.642 bits per heavy atom. The molecule has 0 aromatic rings. The number of amides is 1. The average Bonchev–Trinajstić information content (AvgIpc) is 3.14. The van der Waals surface area contributed by atoms with Gasteiger partial charge in [-0.3, -0.25) is 13.8 Å². The summed E-state index contributed by atoms with van der Waals surface area (Å²) in [4.78, 5) is 22.7. The molecule has 0 aromatic heterocycles. The van der Waals surface area contributed by atoms with Gasteiger partial charge in [-0.25, -0.2) is 4.57 Å². The largest absolute Gasteiger partial charge is 0.472 e. The van der Waals surface area contributed by atoms with Crippen molar-refractivity contribution in [2.45, 2.75) is 219 Å². The molecule has 0 bridgehead atoms. The highest BCUT2D eigenvalue weighted by Gasteiger charge is 2.27. The lowest BCUT2D eigenvalue weighted by atomic mass is 10.0. The molecular formula is C44H85N2O6P. The Bertz CT molecular complexity index is 928. The van der Waals surface area contributed by atoms with Gasteiger partial charge in [0.2, 0.25) is 5.91 Å². The van der Waals surface area contributed by atoms with Crippen LogP contribution in [0.25, 0.3) is 0 Å². The first-order valence-electron chi connectivity index (χ1n) is 22.1. The van der Waals surface area contributed by atoms with Crippen molar-refractivity contribution in [1.82, 2.24) is 5.32 Å². The van der Waals surface area contributed by atoms with E-state index in [1.165, 1.54) is 116 Å². The number of nitrogens with one attached hydrogen (secondary N) is 1. The summed E-state index contributed by atoms with van der Waals surface area (Å²) >= 11 is 0. The standard InChI is InChI=1S/C44H85N2O6P/c1-3-5-7-9-11-13-15-17-19-21-23-25-27-29-31-33-35-37-43(47)42(41-52-53(49,50)51-40-39-45)46-44(48)38-36-34-32-30-28-26-24-22-20-18-16-14-12-10-8-6-4-2/h6,8,12,14,18,20,42-43,47H,3-5,7,9-11,13,15-17,19,21-41,45H2,1-2H3,(H,46,48)(H,49,50)/b8-6-,14-12-,20-18-. The first-order valence-corrected chi connectivity index (χ1v) is 23.6. The molecule has 0 rings (SSSR count). The predicted octanol–water partition coefficient (Wildman–Crippen LogP) is 12.3. The molecule has 53 heavy (non-hydrogen) atoms. The lowest BCUT2D eigenvalue weighted by Gasteiger charge is -2.25. The zero-order chi connectivity index (χ0) is 38.9. The number of aliphatic hydroxyl groups is 1. The van der Waals surface area contributed by atoms with E-state index in [-0.39, 0.29) is 25.7 Å². The molecule has 0 aliphatic carbocycles. The van der Waals surface area contributed by atoms with Crippen LogP contribution in [0.1, 0.15) is 206 Å². The van der Waals surface area contributed by atoms with Gasteiger partial charge in [-0.1, -0.05) is 192 Å². The van der Waals surface area contributed by atoms with Gasteiger partial charge in [0.25, 0.3) is 0 Å². The first kappa shape index (κ1) is 51.7. The summed E-state index contributed by atoms with van der Waals surface area (Å²) in [7, 11) is -4.32. The molecule has 0 aromatic carbocycles. The topological polar surface area (TPSA) is 131 Å². The zero-order valence-electron chi connectivity index (χ0n) is 34.5. The van der Waals surface area contributed by atoms with Crippen molar-refractivity contribution in [1.29, 1.82) is 0 Å². The lowest BCUT2D eigenvalue weighted by molar-refractivity contribution is -0.123. The molecule has 0 saturated heterocycles. The molecule has 8 nitrogen and oxygen atoms in total. The van der Waals surface area contributed by atoms with Crippen LogP contribution in [0, 0.1) is 0 Å². The summed E-state index contributed by atoms with van der Waals surface area (Å²) in [6.45, 7) is 4.10. The van der Waals surface area contributed by atoms with Gasteiger partial charge in [-0.05, 0) is 44.9 Å². The van der Waals surface area contributed by atoms with Gasteiger partial charge >= 0.3 is 7.82 Å². The smallest absolute Gasteiger partial charge is 0.391 e. The van der Waals surface area contributed by atoms with Gasteiger partial charge in [0.1, 0.15) is 0 Å². The van der Waals surface area contributed by atoms with E-state index < -0.39 is 20.0 Å². The third-order valence-corrected chi connectivity index (χ3v) is 10.7. The van der Waals surface area contributed by atoms with Crippen LogP contribution in [0.3, 0.4) is 0 Å². The summed E-state index contributed by atoms with van der Waals surface area (Å²) in [5.74, 6) is -0.172. The highest BCUT2D eigenvalue weighted by molar-refractivity contribution is 7.47. The molecule has 5 N–H and O–H groups in total. The maximum atomic E-state index is 12.8. The number of aliphatic hydroxyl groups excluding tert-OH is 1. The van der Waals surface area contributed by atoms with Gasteiger partial charge < -0.3 is 21.1 Å². The molecular weight excluding hydrogens is 683 g/mol. The second-order valence-corrected chi connectivity index (χ2v) is 16.3. The van der Waals surface area contributed by atoms with Crippen molar-refractivity contribution < 1.29 is 28.4 Å². The first-order chi connectivity index (χ1) is 25.9. The molecule has 0 spiro atoms. The fourth-order valence-electron chi connectivity index (χ4n) is 6.45. The van der Waals surface area contributed by atoms with Crippen LogP contribution in [0.4, 0.5) is 0 Å². The summed E-state index contributed by atoms with van der Waals surface area (Å²) in [6, 6.07) is -0.779. The SMILES string of the molecule is CC/C=C\C/C=C\C/C=C\CCCCCCCCCC(=O)NC(COP(=O)(O)OCCN)C(O)CCCCCCCCCCCCCCCCCCC. The van der Waals surface area contributed by atoms with Gasteiger partial charge in [0.05, 0.1) is 25.4 Å². The van der Waals surface area contributed by atoms with E-state index in [1.807, 2.05) is 0 Å². The van der Waals surface area contributed by atoms with Gasteiger partial charge in [0, 0.05) is 13.0 Å². The van der Waals surface area contributed by atoms with Crippen molar-refractivity contribution in [2.24, 2.45) is 5.73 Å². The van der Waals surface area contributed by atoms with Crippen molar-refractivity contribution in [3.63, 3.8) is 0 Å². The number of hydrogen-bond donors (Lipinski definition) is 4. The monoisotopic (exact) mass is 769 g/mol. The molecule has 0 aliphatic heterocycles. The Balaban J connectivity index is 4.16. The zero-order valence-corrected chi connectivity index (χ0v) is 35.4. The highest BCUT2D eigenvalue weighted by atomic mass is 31.2. The van der Waals surface area contributed by atoms with Gasteiger partial charge in [-0.2, -0.15) is 0 Å². The molecule has 0 radical (unpaired) electrons. The minimum Gasteiger partial charge on any atom is -0.391 e. The fraction of sp³-hybridized carbons (Fsp3) is 0.841. The number of rotatable bonds is 41. The average molecular weight is 769 g/mol. The molecule has 3 atom stereocenters. The molecule has 0 fully saturated rings. The fourth-order valence-corrected chi connectivity index (χ4v) is 7.21. The van der Waals surface area contributed by atoms with Crippen LogP contribution in [0.2, 0.25) is 0 Å². The van der Waals surface area contributed by atoms with Crippen molar-refractivity contribution >= 4 is 13.7 Å². The van der Waals surface area contributed by atoms with Crippen LogP contribution in [-0.2, 0) is 18.4 Å². The van der Waals surface area contributed by atoms with Crippen molar-refractivity contribution in [3.8, 4) is 0 Å². The molecule has 0 heterocycles. The van der Waals surface area contributed by atoms with E-state index in [1.54, 1.807) is 0 Å². The predicted molar refractivity (Wildman–Crippen MR) is 226 cm³/mol. The van der Waals surface area contributed by atoms with Crippen molar-refractivity contribution in [3.05, 3.63) is 36.5 Å². The number of nitrogens with two attached hydrogens (primary N) is 1. The van der Waals surface area contributed by atoms with Crippen LogP contribution in [0.15, 0.2) is 36.5 Å². The van der Waals surface area contributed by atoms with Gasteiger partial charge in [-0.15, -0.1) is 0 Å². The van der Waals surface area contributed by atoms with E-state index in [2.05, 4.69) is 55.6 Å². The maximum absolute atomic E-state index is 12.8. The number of phosphoric ester groups is 1. The third-order valence-electron chi connectivity index (χ3n) is 9.76. The molecule has 312 valence electrons. The van der Waals surface area contributed by atoms with Crippen LogP contribution >= 0.6 is 7.82 Å². The summed E-state index contributed by atoms with van der Waals surface area (Å²) in [5.41, 5.74) is 5.38. The third kappa shape index (κ3) is 38.8. The second-order valence-electron chi connectivity index (χ2n) is 14.9. The quantitative estimate of drug-likeness (QED) is 0.0277. The van der Waals surface area contributed by atoms with Gasteiger partial charge in [0.15, 0.2) is 0 Å². The molecule has 9 heteroatoms. The van der Waals surface area contributed by atoms with Crippen LogP contribution < -0.4 is 11.1 Å². The Morgan fingerprint density at radius 2 is 1.09 bits per heavy atom. The summed E-state index contributed by atoms with van der Waals surface area (Å²) < 4.78 is 22.2. The molecule has 0 saturated carbocycles. The summed E-state index contributed by atoms with van der Waals surface area (Å²) in [5, 5.41) is 13.8. The molecule has 0 aliphatic rings. The molecule has 3 unspecified atom stereocenters. The number of phosphoric acid groups is 1. The Labute approximate surface area is 327 Å². The number of unbranched alkanes of at least 4 members (excludes halogenated alkanes) is 23. The number of carbonyl (C=O) groups excluding carboxylic acids is 1.